The Morgan fingerprint density at radius 2 is 2.40 bits per heavy atom. The van der Waals surface area contributed by atoms with Gasteiger partial charge in [0.05, 0.1) is 0 Å². The average molecular weight is 325 g/mol. The molecule has 0 saturated carbocycles. The first-order valence-corrected chi connectivity index (χ1v) is 5.85. The molecule has 0 rings (SSSR count). The predicted molar refractivity (Wildman–Crippen MR) is 29.2 cm³/mol. The molecule has 0 bridgehead atoms. The van der Waals surface area contributed by atoms with Crippen LogP contribution in [-0.2, 0) is 0 Å². The molecule has 0 aromatic heterocycles. The molecule has 1 radical (unpaired) electrons. The van der Waals surface area contributed by atoms with Gasteiger partial charge in [0.2, 0.25) is 0 Å². The van der Waals surface area contributed by atoms with E-state index in [0.717, 1.165) is 0 Å². The molecule has 0 nitrogen and oxygen atoms in total. The van der Waals surface area contributed by atoms with Crippen LogP contribution in [0.4, 0.5) is 0 Å². The van der Waals surface area contributed by atoms with E-state index in [4.69, 9.17) is 0 Å². The summed E-state index contributed by atoms with van der Waals surface area (Å²) in [6.07, 6.45) is 0. The van der Waals surface area contributed by atoms with Gasteiger partial charge in [-0.2, -0.15) is 0 Å². The van der Waals surface area contributed by atoms with Gasteiger partial charge < -0.3 is 0 Å². The average Bonchev–Trinajstić information content (AvgIpc) is 1.41. The molecule has 0 atom stereocenters. The monoisotopic (exact) mass is 325 g/mol. The van der Waals surface area contributed by atoms with Crippen molar-refractivity contribution < 1.29 is 0 Å². The van der Waals surface area contributed by atoms with Gasteiger partial charge in [-0.25, -0.2) is 0 Å². The Hall–Kier alpha value is 1.05. The van der Waals surface area contributed by atoms with E-state index in [0.29, 0.717) is 15.3 Å². The molecule has 0 N–H and O–H groups in total. The summed E-state index contributed by atoms with van der Waals surface area (Å²) < 4.78 is 2.17. The summed E-state index contributed by atoms with van der Waals surface area (Å²) in [6.45, 7) is 0. The first kappa shape index (κ1) is 6.05. The summed E-state index contributed by atoms with van der Waals surface area (Å²) in [4.78, 5) is 2.17. The minimum absolute atomic E-state index is 0.320. The number of hydrogen-bond acceptors (Lipinski definition) is 0. The van der Waals surface area contributed by atoms with Crippen molar-refractivity contribution in [1.82, 2.24) is 0 Å². The van der Waals surface area contributed by atoms with Gasteiger partial charge >= 0.3 is 54.0 Å². The normalized spacial score (nSPS) is 10.6. The maximum absolute atomic E-state index is 3.70. The molecule has 27 valence electrons. The molecule has 0 spiro atoms. The Kier molecular flexibility index (Phi) is 6.11. The van der Waals surface area contributed by atoms with Crippen molar-refractivity contribution in [3.05, 3.63) is 8.65 Å². The Bertz CT molecular complexity index is 48.9. The van der Waals surface area contributed by atoms with E-state index in [2.05, 4.69) is 14.0 Å². The molecule has 0 amide bonds. The molecule has 0 aliphatic rings. The van der Waals surface area contributed by atoms with Crippen molar-refractivity contribution >= 4 is 45.3 Å². The molecular formula is C3H5AsBi. The van der Waals surface area contributed by atoms with Crippen LogP contribution in [0.3, 0.4) is 0 Å². The second-order valence-electron chi connectivity index (χ2n) is 0.498. The topological polar surface area (TPSA) is 0 Å². The van der Waals surface area contributed by atoms with Crippen molar-refractivity contribution in [3.63, 3.8) is 0 Å². The fourth-order valence-electron chi connectivity index (χ4n) is 0.0527. The molecule has 0 saturated heterocycles. The van der Waals surface area contributed by atoms with Crippen molar-refractivity contribution in [2.75, 3.05) is 0 Å². The van der Waals surface area contributed by atoms with Crippen LogP contribution in [0.15, 0.2) is 8.65 Å². The van der Waals surface area contributed by atoms with Crippen LogP contribution in [0.5, 0.6) is 0 Å². The van der Waals surface area contributed by atoms with Gasteiger partial charge in [0.25, 0.3) is 0 Å². The van der Waals surface area contributed by atoms with Gasteiger partial charge in [0.1, 0.15) is 0 Å². The van der Waals surface area contributed by atoms with Crippen LogP contribution in [0, 0.1) is 0 Å². The zero-order valence-electron chi connectivity index (χ0n) is 2.81. The van der Waals surface area contributed by atoms with E-state index < -0.39 is 0 Å². The summed E-state index contributed by atoms with van der Waals surface area (Å²) in [5.41, 5.74) is 0. The SMILES string of the molecule is C=[As]C=[CH][BiH]. The van der Waals surface area contributed by atoms with E-state index in [-0.39, 0.29) is 0 Å². The minimum atomic E-state index is 0.320. The Balaban J connectivity index is 2.92. The summed E-state index contributed by atoms with van der Waals surface area (Å²) in [6, 6.07) is 0. The van der Waals surface area contributed by atoms with Gasteiger partial charge in [-0.05, 0) is 0 Å². The van der Waals surface area contributed by atoms with Crippen LogP contribution in [0.1, 0.15) is 0 Å². The molecule has 0 unspecified atom stereocenters. The summed E-state index contributed by atoms with van der Waals surface area (Å²) in [7, 11) is 0. The fourth-order valence-corrected chi connectivity index (χ4v) is 2.40. The van der Waals surface area contributed by atoms with Gasteiger partial charge in [0.15, 0.2) is 0 Å². The third-order valence-corrected chi connectivity index (χ3v) is 3.95. The van der Waals surface area contributed by atoms with Crippen LogP contribution in [0.2, 0.25) is 0 Å². The molecule has 0 aromatic rings. The van der Waals surface area contributed by atoms with E-state index >= 15 is 0 Å². The maximum atomic E-state index is 3.70. The second-order valence-corrected chi connectivity index (χ2v) is 3.19. The summed E-state index contributed by atoms with van der Waals surface area (Å²) >= 11 is 1.52. The Morgan fingerprint density at radius 3 is 2.40 bits per heavy atom. The summed E-state index contributed by atoms with van der Waals surface area (Å²) in [5, 5.41) is 3.70. The van der Waals surface area contributed by atoms with Crippen LogP contribution >= 0.6 is 0 Å². The Morgan fingerprint density at radius 1 is 1.80 bits per heavy atom. The Labute approximate surface area is 53.7 Å². The van der Waals surface area contributed by atoms with Gasteiger partial charge in [-0.1, -0.05) is 0 Å². The molecule has 0 aliphatic heterocycles. The van der Waals surface area contributed by atoms with Crippen LogP contribution in [0.25, 0.3) is 0 Å². The van der Waals surface area contributed by atoms with Crippen molar-refractivity contribution in [2.45, 2.75) is 0 Å². The molecule has 2 heteroatoms. The molecule has 0 heterocycles. The summed E-state index contributed by atoms with van der Waals surface area (Å²) in [5.74, 6) is 0. The predicted octanol–water partition coefficient (Wildman–Crippen LogP) is -0.505. The van der Waals surface area contributed by atoms with E-state index in [1.165, 1.54) is 24.7 Å². The first-order chi connectivity index (χ1) is 2.41. The molecule has 0 aromatic carbocycles. The first-order valence-electron chi connectivity index (χ1n) is 1.20. The second kappa shape index (κ2) is 5.05. The zero-order chi connectivity index (χ0) is 4.12. The molecular weight excluding hydrogens is 320 g/mol. The van der Waals surface area contributed by atoms with Crippen molar-refractivity contribution in [3.8, 4) is 0 Å². The van der Waals surface area contributed by atoms with Crippen molar-refractivity contribution in [1.29, 1.82) is 0 Å². The standard InChI is InChI=1S/C3H4As.Bi.H/c1-3-4-2;;/h1,3H,2H2;;. The quantitative estimate of drug-likeness (QED) is 0.570. The van der Waals surface area contributed by atoms with Crippen LogP contribution in [-0.4, -0.2) is 45.3 Å². The molecule has 0 fully saturated rings. The van der Waals surface area contributed by atoms with Crippen molar-refractivity contribution in [2.24, 2.45) is 0 Å². The molecule has 0 aliphatic carbocycles. The van der Waals surface area contributed by atoms with E-state index in [1.807, 2.05) is 0 Å². The van der Waals surface area contributed by atoms with E-state index in [1.54, 1.807) is 0 Å². The third kappa shape index (κ3) is 5.05. The van der Waals surface area contributed by atoms with Crippen LogP contribution < -0.4 is 0 Å². The zero-order valence-corrected chi connectivity index (χ0v) is 8.57. The van der Waals surface area contributed by atoms with Gasteiger partial charge in [-0.3, -0.25) is 0 Å². The fraction of sp³-hybridized carbons (Fsp3) is 0. The van der Waals surface area contributed by atoms with Gasteiger partial charge in [0, 0.05) is 0 Å². The van der Waals surface area contributed by atoms with E-state index in [9.17, 15) is 0 Å². The number of rotatable bonds is 1. The van der Waals surface area contributed by atoms with Gasteiger partial charge in [-0.15, -0.1) is 0 Å². The third-order valence-electron chi connectivity index (χ3n) is 0.180. The number of hydrogen-bond donors (Lipinski definition) is 0. The molecule has 5 heavy (non-hydrogen) atoms.